The standard InChI is InChI=1S/C21H26O10/c1-9-2-3-12-14(9)21-11(4-5-20(12,8-23)31-21)10(18(27)30-21)7-28-19-17(26)16(25)15(24)13(6-22)29-19/h4-5,12-17,19,22-26H,1-3,6-8H2/t12-,13+,14+,15+,16-,17+,19+,20+,21+/m0/s1. The van der Waals surface area contributed by atoms with Crippen molar-refractivity contribution in [2.75, 3.05) is 19.8 Å². The third-order valence-electron chi connectivity index (χ3n) is 7.21. The van der Waals surface area contributed by atoms with E-state index >= 15 is 0 Å². The van der Waals surface area contributed by atoms with Crippen molar-refractivity contribution in [2.24, 2.45) is 11.8 Å². The SMILES string of the molecule is C=C1CC[C@H]2[C@@H]1[C@@]13OC(=O)C(CO[C@@H]4O[C@H](CO)[C@@H](O)[C@H](O)[C@H]4O)=C1C=C[C@]2(CO)O3. The van der Waals surface area contributed by atoms with Gasteiger partial charge >= 0.3 is 5.97 Å². The molecule has 1 aliphatic carbocycles. The minimum atomic E-state index is -1.59. The third kappa shape index (κ3) is 2.77. The van der Waals surface area contributed by atoms with E-state index in [4.69, 9.17) is 18.9 Å². The highest BCUT2D eigenvalue weighted by Crippen LogP contribution is 2.64. The van der Waals surface area contributed by atoms with Crippen LogP contribution in [0, 0.1) is 11.8 Å². The molecule has 5 N–H and O–H groups in total. The van der Waals surface area contributed by atoms with Gasteiger partial charge in [-0.05, 0) is 18.9 Å². The first-order valence-electron chi connectivity index (χ1n) is 10.3. The van der Waals surface area contributed by atoms with E-state index in [1.165, 1.54) is 0 Å². The number of aliphatic hydroxyl groups is 5. The van der Waals surface area contributed by atoms with Crippen LogP contribution in [0.5, 0.6) is 0 Å². The van der Waals surface area contributed by atoms with E-state index in [2.05, 4.69) is 6.58 Å². The van der Waals surface area contributed by atoms with Crippen LogP contribution >= 0.6 is 0 Å². The van der Waals surface area contributed by atoms with Crippen LogP contribution in [-0.4, -0.2) is 93.4 Å². The first-order chi connectivity index (χ1) is 14.8. The second kappa shape index (κ2) is 7.19. The van der Waals surface area contributed by atoms with Crippen molar-refractivity contribution in [2.45, 2.75) is 54.9 Å². The minimum Gasteiger partial charge on any atom is -0.424 e. The second-order valence-electron chi connectivity index (χ2n) is 8.79. The summed E-state index contributed by atoms with van der Waals surface area (Å²) in [6.45, 7) is 2.97. The molecule has 170 valence electrons. The quantitative estimate of drug-likeness (QED) is 0.247. The smallest absolute Gasteiger partial charge is 0.339 e. The van der Waals surface area contributed by atoms with E-state index in [9.17, 15) is 30.3 Å². The zero-order chi connectivity index (χ0) is 22.1. The fourth-order valence-electron chi connectivity index (χ4n) is 5.62. The van der Waals surface area contributed by atoms with E-state index in [1.807, 2.05) is 0 Å². The maximum Gasteiger partial charge on any atom is 0.339 e. The van der Waals surface area contributed by atoms with Crippen molar-refractivity contribution >= 4 is 5.97 Å². The Hall–Kier alpha value is -1.63. The number of hydrogen-bond donors (Lipinski definition) is 5. The second-order valence-corrected chi connectivity index (χ2v) is 8.79. The van der Waals surface area contributed by atoms with Gasteiger partial charge in [-0.2, -0.15) is 0 Å². The number of carbonyl (C=O) groups is 1. The van der Waals surface area contributed by atoms with Gasteiger partial charge < -0.3 is 44.5 Å². The highest BCUT2D eigenvalue weighted by atomic mass is 16.7. The molecule has 2 saturated heterocycles. The highest BCUT2D eigenvalue weighted by Gasteiger charge is 2.71. The summed E-state index contributed by atoms with van der Waals surface area (Å²) >= 11 is 0. The number of rotatable bonds is 5. The maximum atomic E-state index is 12.8. The Morgan fingerprint density at radius 1 is 1.19 bits per heavy atom. The van der Waals surface area contributed by atoms with Gasteiger partial charge in [0.1, 0.15) is 30.0 Å². The van der Waals surface area contributed by atoms with Gasteiger partial charge in [0.2, 0.25) is 5.79 Å². The molecule has 31 heavy (non-hydrogen) atoms. The van der Waals surface area contributed by atoms with Crippen LogP contribution in [0.15, 0.2) is 35.5 Å². The van der Waals surface area contributed by atoms with Crippen molar-refractivity contribution in [1.29, 1.82) is 0 Å². The topological polar surface area (TPSA) is 155 Å². The van der Waals surface area contributed by atoms with Crippen LogP contribution in [0.4, 0.5) is 0 Å². The molecule has 0 aromatic heterocycles. The number of aliphatic hydroxyl groups excluding tert-OH is 5. The van der Waals surface area contributed by atoms with Gasteiger partial charge in [0.15, 0.2) is 6.29 Å². The van der Waals surface area contributed by atoms with Crippen LogP contribution < -0.4 is 0 Å². The summed E-state index contributed by atoms with van der Waals surface area (Å²) in [4.78, 5) is 12.8. The molecule has 0 aromatic carbocycles. The van der Waals surface area contributed by atoms with E-state index in [-0.39, 0.29) is 30.6 Å². The molecule has 4 heterocycles. The number of esters is 1. The van der Waals surface area contributed by atoms with Crippen LogP contribution in [0.1, 0.15) is 12.8 Å². The summed E-state index contributed by atoms with van der Waals surface area (Å²) in [7, 11) is 0. The largest absolute Gasteiger partial charge is 0.424 e. The molecule has 4 aliphatic heterocycles. The highest BCUT2D eigenvalue weighted by molar-refractivity contribution is 5.94. The molecule has 3 fully saturated rings. The molecule has 10 heteroatoms. The van der Waals surface area contributed by atoms with E-state index in [0.29, 0.717) is 5.57 Å². The summed E-state index contributed by atoms with van der Waals surface area (Å²) in [5.41, 5.74) is 0.591. The van der Waals surface area contributed by atoms with Crippen LogP contribution in [0.25, 0.3) is 0 Å². The molecule has 2 bridgehead atoms. The molecule has 0 unspecified atom stereocenters. The van der Waals surface area contributed by atoms with Gasteiger partial charge in [-0.15, -0.1) is 0 Å². The van der Waals surface area contributed by atoms with Crippen LogP contribution in [0.3, 0.4) is 0 Å². The Balaban J connectivity index is 1.43. The average Bonchev–Trinajstić information content (AvgIpc) is 3.35. The molecule has 9 atom stereocenters. The lowest BCUT2D eigenvalue weighted by atomic mass is 9.80. The molecular weight excluding hydrogens is 412 g/mol. The van der Waals surface area contributed by atoms with Crippen LogP contribution in [-0.2, 0) is 23.7 Å². The van der Waals surface area contributed by atoms with Crippen molar-refractivity contribution in [3.63, 3.8) is 0 Å². The summed E-state index contributed by atoms with van der Waals surface area (Å²) in [6, 6.07) is 0. The summed E-state index contributed by atoms with van der Waals surface area (Å²) in [6.07, 6.45) is -2.21. The van der Waals surface area contributed by atoms with Crippen molar-refractivity contribution in [3.05, 3.63) is 35.5 Å². The van der Waals surface area contributed by atoms with Gasteiger partial charge in [0, 0.05) is 11.5 Å². The molecule has 1 spiro atoms. The van der Waals surface area contributed by atoms with Crippen molar-refractivity contribution < 1.29 is 49.3 Å². The summed E-state index contributed by atoms with van der Waals surface area (Å²) in [5.74, 6) is -2.39. The predicted molar refractivity (Wildman–Crippen MR) is 101 cm³/mol. The number of hydrogen-bond acceptors (Lipinski definition) is 10. The molecule has 10 nitrogen and oxygen atoms in total. The molecule has 0 aromatic rings. The minimum absolute atomic E-state index is 0.0720. The lowest BCUT2D eigenvalue weighted by Gasteiger charge is -2.39. The van der Waals surface area contributed by atoms with Gasteiger partial charge in [-0.3, -0.25) is 0 Å². The molecule has 0 radical (unpaired) electrons. The fourth-order valence-corrected chi connectivity index (χ4v) is 5.62. The molecule has 5 aliphatic rings. The van der Waals surface area contributed by atoms with Crippen LogP contribution in [0.2, 0.25) is 0 Å². The normalized spacial score (nSPS) is 48.2. The van der Waals surface area contributed by atoms with Gasteiger partial charge in [0.05, 0.1) is 31.3 Å². The van der Waals surface area contributed by atoms with Gasteiger partial charge in [-0.1, -0.05) is 18.2 Å². The zero-order valence-electron chi connectivity index (χ0n) is 16.7. The molecule has 1 saturated carbocycles. The van der Waals surface area contributed by atoms with Crippen molar-refractivity contribution in [3.8, 4) is 0 Å². The van der Waals surface area contributed by atoms with Gasteiger partial charge in [0.25, 0.3) is 0 Å². The molecular formula is C21H26O10. The average molecular weight is 438 g/mol. The fraction of sp³-hybridized carbons (Fsp3) is 0.667. The predicted octanol–water partition coefficient (Wildman–Crippen LogP) is -1.73. The summed E-state index contributed by atoms with van der Waals surface area (Å²) in [5, 5.41) is 49.4. The Labute approximate surface area is 178 Å². The number of carbonyl (C=O) groups excluding carboxylic acids is 1. The lowest BCUT2D eigenvalue weighted by Crippen LogP contribution is -2.59. The molecule has 0 amide bonds. The van der Waals surface area contributed by atoms with E-state index < -0.39 is 54.7 Å². The Morgan fingerprint density at radius 2 is 1.97 bits per heavy atom. The maximum absolute atomic E-state index is 12.8. The zero-order valence-corrected chi connectivity index (χ0v) is 16.7. The van der Waals surface area contributed by atoms with E-state index in [1.54, 1.807) is 12.2 Å². The third-order valence-corrected chi connectivity index (χ3v) is 7.21. The Kier molecular flexibility index (Phi) is 4.92. The number of ether oxygens (including phenoxy) is 4. The molecule has 5 rings (SSSR count). The first-order valence-corrected chi connectivity index (χ1v) is 10.3. The Morgan fingerprint density at radius 3 is 2.68 bits per heavy atom. The number of fused-ring (bicyclic) bond motifs is 3. The lowest BCUT2D eigenvalue weighted by molar-refractivity contribution is -0.298. The first kappa shape index (κ1) is 21.2. The van der Waals surface area contributed by atoms with Crippen molar-refractivity contribution in [1.82, 2.24) is 0 Å². The Bertz CT molecular complexity index is 864. The summed E-state index contributed by atoms with van der Waals surface area (Å²) < 4.78 is 22.9. The van der Waals surface area contributed by atoms with E-state index in [0.717, 1.165) is 18.4 Å². The monoisotopic (exact) mass is 438 g/mol. The van der Waals surface area contributed by atoms with Gasteiger partial charge in [-0.25, -0.2) is 4.79 Å².